The molecule has 1 aromatic heterocycles. The van der Waals surface area contributed by atoms with Crippen molar-refractivity contribution >= 4 is 11.3 Å². The minimum Gasteiger partial charge on any atom is -0.316 e. The van der Waals surface area contributed by atoms with E-state index in [0.29, 0.717) is 11.5 Å². The molecule has 1 spiro atoms. The normalized spacial score (nSPS) is 31.6. The number of piperidine rings is 2. The number of aromatic nitrogens is 1. The fraction of sp³-hybridized carbons (Fsp3) is 0.786. The van der Waals surface area contributed by atoms with Gasteiger partial charge in [-0.1, -0.05) is 0 Å². The van der Waals surface area contributed by atoms with Crippen molar-refractivity contribution in [3.63, 3.8) is 0 Å². The molecule has 18 heavy (non-hydrogen) atoms. The van der Waals surface area contributed by atoms with Crippen LogP contribution < -0.4 is 5.32 Å². The molecule has 0 bridgehead atoms. The molecular weight excluding hydrogens is 242 g/mol. The SMILES string of the molecule is CC(c1cscn1)N1CCCC2(CCCNC2)C1. The fourth-order valence-electron chi connectivity index (χ4n) is 3.57. The third-order valence-corrected chi connectivity index (χ3v) is 5.28. The summed E-state index contributed by atoms with van der Waals surface area (Å²) in [4.78, 5) is 7.13. The summed E-state index contributed by atoms with van der Waals surface area (Å²) in [6.07, 6.45) is 5.50. The zero-order chi connectivity index (χ0) is 12.4. The van der Waals surface area contributed by atoms with Gasteiger partial charge in [-0.15, -0.1) is 11.3 Å². The van der Waals surface area contributed by atoms with Crippen LogP contribution >= 0.6 is 11.3 Å². The number of nitrogens with zero attached hydrogens (tertiary/aromatic N) is 2. The van der Waals surface area contributed by atoms with Crippen molar-refractivity contribution in [3.05, 3.63) is 16.6 Å². The van der Waals surface area contributed by atoms with E-state index >= 15 is 0 Å². The second-order valence-electron chi connectivity index (χ2n) is 5.94. The van der Waals surface area contributed by atoms with Gasteiger partial charge in [-0.25, -0.2) is 4.98 Å². The van der Waals surface area contributed by atoms with E-state index < -0.39 is 0 Å². The summed E-state index contributed by atoms with van der Waals surface area (Å²) in [5.41, 5.74) is 3.75. The van der Waals surface area contributed by atoms with Crippen molar-refractivity contribution in [2.24, 2.45) is 5.41 Å². The minimum atomic E-state index is 0.482. The summed E-state index contributed by atoms with van der Waals surface area (Å²) in [5.74, 6) is 0. The van der Waals surface area contributed by atoms with Crippen molar-refractivity contribution in [3.8, 4) is 0 Å². The van der Waals surface area contributed by atoms with E-state index in [1.165, 1.54) is 57.6 Å². The zero-order valence-electron chi connectivity index (χ0n) is 11.2. The summed E-state index contributed by atoms with van der Waals surface area (Å²) in [7, 11) is 0. The standard InChI is InChI=1S/C14H23N3S/c1-12(13-8-18-11-16-13)17-7-3-5-14(10-17)4-2-6-15-9-14/h8,11-12,15H,2-7,9-10H2,1H3. The second-order valence-corrected chi connectivity index (χ2v) is 6.66. The fourth-order valence-corrected chi connectivity index (χ4v) is 4.21. The van der Waals surface area contributed by atoms with Crippen molar-refractivity contribution in [2.45, 2.75) is 38.6 Å². The van der Waals surface area contributed by atoms with E-state index in [2.05, 4.69) is 27.5 Å². The second kappa shape index (κ2) is 5.27. The number of nitrogens with one attached hydrogen (secondary N) is 1. The van der Waals surface area contributed by atoms with Crippen LogP contribution in [-0.4, -0.2) is 36.1 Å². The number of hydrogen-bond acceptors (Lipinski definition) is 4. The van der Waals surface area contributed by atoms with Gasteiger partial charge in [-0.05, 0) is 51.1 Å². The molecule has 3 rings (SSSR count). The highest BCUT2D eigenvalue weighted by Crippen LogP contribution is 2.38. The van der Waals surface area contributed by atoms with E-state index in [-0.39, 0.29) is 0 Å². The summed E-state index contributed by atoms with van der Waals surface area (Å²) in [6, 6.07) is 0.482. The number of rotatable bonds is 2. The molecule has 2 fully saturated rings. The number of thiazole rings is 1. The molecule has 1 N–H and O–H groups in total. The molecule has 2 atom stereocenters. The van der Waals surface area contributed by atoms with E-state index in [9.17, 15) is 0 Å². The lowest BCUT2D eigenvalue weighted by molar-refractivity contribution is 0.0407. The van der Waals surface area contributed by atoms with Crippen LogP contribution in [0.4, 0.5) is 0 Å². The Hall–Kier alpha value is -0.450. The summed E-state index contributed by atoms with van der Waals surface area (Å²) in [6.45, 7) is 7.22. The quantitative estimate of drug-likeness (QED) is 0.891. The molecule has 0 amide bonds. The van der Waals surface area contributed by atoms with Crippen LogP contribution in [0, 0.1) is 5.41 Å². The van der Waals surface area contributed by atoms with Gasteiger partial charge >= 0.3 is 0 Å². The summed E-state index contributed by atoms with van der Waals surface area (Å²) in [5, 5.41) is 5.80. The summed E-state index contributed by atoms with van der Waals surface area (Å²) < 4.78 is 0. The van der Waals surface area contributed by atoms with Gasteiger partial charge in [0.15, 0.2) is 0 Å². The molecule has 0 aliphatic carbocycles. The van der Waals surface area contributed by atoms with Crippen LogP contribution in [0.1, 0.15) is 44.3 Å². The van der Waals surface area contributed by atoms with E-state index in [0.717, 1.165) is 0 Å². The van der Waals surface area contributed by atoms with Crippen LogP contribution in [0.25, 0.3) is 0 Å². The first kappa shape index (κ1) is 12.6. The van der Waals surface area contributed by atoms with Gasteiger partial charge in [-0.3, -0.25) is 4.90 Å². The smallest absolute Gasteiger partial charge is 0.0795 e. The highest BCUT2D eigenvalue weighted by molar-refractivity contribution is 7.07. The predicted molar refractivity (Wildman–Crippen MR) is 75.9 cm³/mol. The maximum atomic E-state index is 4.49. The lowest BCUT2D eigenvalue weighted by Gasteiger charge is -2.47. The molecule has 100 valence electrons. The highest BCUT2D eigenvalue weighted by atomic mass is 32.1. The molecule has 2 aliphatic heterocycles. The molecule has 4 heteroatoms. The van der Waals surface area contributed by atoms with Crippen LogP contribution in [-0.2, 0) is 0 Å². The molecule has 0 aromatic carbocycles. The zero-order valence-corrected chi connectivity index (χ0v) is 12.0. The average Bonchev–Trinajstić information content (AvgIpc) is 2.93. The maximum Gasteiger partial charge on any atom is 0.0795 e. The van der Waals surface area contributed by atoms with E-state index in [1.54, 1.807) is 11.3 Å². The lowest BCUT2D eigenvalue weighted by Crippen LogP contribution is -2.51. The highest BCUT2D eigenvalue weighted by Gasteiger charge is 2.38. The Morgan fingerprint density at radius 3 is 3.06 bits per heavy atom. The van der Waals surface area contributed by atoms with Crippen LogP contribution in [0.15, 0.2) is 10.9 Å². The van der Waals surface area contributed by atoms with Gasteiger partial charge in [0.1, 0.15) is 0 Å². The topological polar surface area (TPSA) is 28.2 Å². The number of likely N-dealkylation sites (tertiary alicyclic amines) is 1. The Morgan fingerprint density at radius 2 is 2.33 bits per heavy atom. The molecular formula is C14H23N3S. The molecule has 3 heterocycles. The van der Waals surface area contributed by atoms with E-state index in [1.807, 2.05) is 5.51 Å². The first-order chi connectivity index (χ1) is 8.79. The Morgan fingerprint density at radius 1 is 1.44 bits per heavy atom. The molecule has 1 aromatic rings. The molecule has 0 saturated carbocycles. The molecule has 2 saturated heterocycles. The Balaban J connectivity index is 1.70. The largest absolute Gasteiger partial charge is 0.316 e. The molecule has 2 unspecified atom stereocenters. The monoisotopic (exact) mass is 265 g/mol. The van der Waals surface area contributed by atoms with Crippen LogP contribution in [0.2, 0.25) is 0 Å². The Bertz CT molecular complexity index is 365. The van der Waals surface area contributed by atoms with Gasteiger partial charge in [0.05, 0.1) is 17.2 Å². The minimum absolute atomic E-state index is 0.482. The third kappa shape index (κ3) is 2.46. The maximum absolute atomic E-state index is 4.49. The lowest BCUT2D eigenvalue weighted by atomic mass is 9.74. The van der Waals surface area contributed by atoms with Gasteiger partial charge in [-0.2, -0.15) is 0 Å². The Kier molecular flexibility index (Phi) is 3.68. The van der Waals surface area contributed by atoms with Crippen LogP contribution in [0.3, 0.4) is 0 Å². The van der Waals surface area contributed by atoms with E-state index in [4.69, 9.17) is 0 Å². The van der Waals surface area contributed by atoms with Gasteiger partial charge in [0, 0.05) is 18.5 Å². The average molecular weight is 265 g/mol. The van der Waals surface area contributed by atoms with Gasteiger partial charge in [0.25, 0.3) is 0 Å². The molecule has 3 nitrogen and oxygen atoms in total. The first-order valence-corrected chi connectivity index (χ1v) is 8.06. The third-order valence-electron chi connectivity index (χ3n) is 4.68. The molecule has 0 radical (unpaired) electrons. The first-order valence-electron chi connectivity index (χ1n) is 7.12. The van der Waals surface area contributed by atoms with Gasteiger partial charge < -0.3 is 5.32 Å². The predicted octanol–water partition coefficient (Wildman–Crippen LogP) is 2.67. The molecule has 2 aliphatic rings. The van der Waals surface area contributed by atoms with Crippen molar-refractivity contribution in [1.29, 1.82) is 0 Å². The van der Waals surface area contributed by atoms with Crippen molar-refractivity contribution in [2.75, 3.05) is 26.2 Å². The van der Waals surface area contributed by atoms with Gasteiger partial charge in [0.2, 0.25) is 0 Å². The summed E-state index contributed by atoms with van der Waals surface area (Å²) >= 11 is 1.71. The van der Waals surface area contributed by atoms with Crippen molar-refractivity contribution < 1.29 is 0 Å². The van der Waals surface area contributed by atoms with Crippen LogP contribution in [0.5, 0.6) is 0 Å². The number of hydrogen-bond donors (Lipinski definition) is 1. The van der Waals surface area contributed by atoms with Crippen molar-refractivity contribution in [1.82, 2.24) is 15.2 Å². The Labute approximate surface area is 114 Å².